The van der Waals surface area contributed by atoms with Crippen molar-refractivity contribution in [1.29, 1.82) is 0 Å². The van der Waals surface area contributed by atoms with Crippen LogP contribution in [0.25, 0.3) is 0 Å². The van der Waals surface area contributed by atoms with E-state index < -0.39 is 11.5 Å². The third kappa shape index (κ3) is 2.21. The number of hydrogen-bond donors (Lipinski definition) is 1. The fourth-order valence-electron chi connectivity index (χ4n) is 1.16. The Morgan fingerprint density at radius 1 is 1.47 bits per heavy atom. The molecule has 0 bridgehead atoms. The highest BCUT2D eigenvalue weighted by molar-refractivity contribution is 6.34. The fourth-order valence-corrected chi connectivity index (χ4v) is 1.47. The molecule has 0 aliphatic heterocycles. The molecular weight excluding hydrogens is 218 g/mol. The Labute approximate surface area is 92.2 Å². The summed E-state index contributed by atoms with van der Waals surface area (Å²) in [7, 11) is 0. The average molecular weight is 230 g/mol. The highest BCUT2D eigenvalue weighted by Gasteiger charge is 2.19. The molecule has 0 saturated heterocycles. The largest absolute Gasteiger partial charge is 0.462 e. The molecule has 0 amide bonds. The van der Waals surface area contributed by atoms with E-state index in [9.17, 15) is 9.59 Å². The molecule has 1 heterocycles. The molecule has 5 heteroatoms. The summed E-state index contributed by atoms with van der Waals surface area (Å²) >= 11 is 5.91. The normalized spacial score (nSPS) is 10.1. The molecule has 1 aromatic heterocycles. The Bertz CT molecular complexity index is 451. The molecule has 1 N–H and O–H groups in total. The summed E-state index contributed by atoms with van der Waals surface area (Å²) in [5.41, 5.74) is 0.695. The lowest BCUT2D eigenvalue weighted by molar-refractivity contribution is 0.0524. The molecule has 0 aromatic carbocycles. The molecule has 0 unspecified atom stereocenters. The zero-order valence-electron chi connectivity index (χ0n) is 8.81. The maximum Gasteiger partial charge on any atom is 0.345 e. The lowest BCUT2D eigenvalue weighted by atomic mass is 10.1. The van der Waals surface area contributed by atoms with Crippen molar-refractivity contribution in [3.8, 4) is 0 Å². The first-order valence-electron chi connectivity index (χ1n) is 4.55. The van der Waals surface area contributed by atoms with Crippen molar-refractivity contribution in [2.75, 3.05) is 6.61 Å². The molecular formula is C10H12ClNO3. The molecule has 1 rings (SSSR count). The van der Waals surface area contributed by atoms with Crippen molar-refractivity contribution in [3.05, 3.63) is 32.2 Å². The van der Waals surface area contributed by atoms with Gasteiger partial charge in [-0.05, 0) is 26.3 Å². The van der Waals surface area contributed by atoms with E-state index in [2.05, 4.69) is 4.98 Å². The smallest absolute Gasteiger partial charge is 0.345 e. The molecule has 0 aliphatic rings. The van der Waals surface area contributed by atoms with Gasteiger partial charge in [-0.2, -0.15) is 0 Å². The Morgan fingerprint density at radius 2 is 2.07 bits per heavy atom. The van der Waals surface area contributed by atoms with Gasteiger partial charge in [0.05, 0.1) is 11.6 Å². The number of carbonyl (C=O) groups is 1. The van der Waals surface area contributed by atoms with E-state index in [-0.39, 0.29) is 17.2 Å². The van der Waals surface area contributed by atoms with Crippen molar-refractivity contribution in [2.45, 2.75) is 20.8 Å². The Balaban J connectivity index is 3.36. The van der Waals surface area contributed by atoms with Gasteiger partial charge in [-0.25, -0.2) is 4.79 Å². The van der Waals surface area contributed by atoms with Crippen molar-refractivity contribution in [3.63, 3.8) is 0 Å². The number of aryl methyl sites for hydroxylation is 1. The Morgan fingerprint density at radius 3 is 2.60 bits per heavy atom. The second kappa shape index (κ2) is 4.49. The zero-order chi connectivity index (χ0) is 11.6. The van der Waals surface area contributed by atoms with Crippen LogP contribution < -0.4 is 5.56 Å². The number of H-pyrrole nitrogens is 1. The molecule has 15 heavy (non-hydrogen) atoms. The van der Waals surface area contributed by atoms with Gasteiger partial charge >= 0.3 is 5.97 Å². The van der Waals surface area contributed by atoms with Gasteiger partial charge in [0, 0.05) is 5.69 Å². The van der Waals surface area contributed by atoms with Crippen molar-refractivity contribution < 1.29 is 9.53 Å². The maximum absolute atomic E-state index is 11.5. The summed E-state index contributed by atoms with van der Waals surface area (Å²) in [6, 6.07) is 0. The van der Waals surface area contributed by atoms with Crippen LogP contribution in [0.5, 0.6) is 0 Å². The van der Waals surface area contributed by atoms with E-state index in [1.54, 1.807) is 20.8 Å². The summed E-state index contributed by atoms with van der Waals surface area (Å²) in [5.74, 6) is -0.688. The van der Waals surface area contributed by atoms with Crippen LogP contribution >= 0.6 is 11.6 Å². The number of halogens is 1. The minimum absolute atomic E-state index is 0.124. The summed E-state index contributed by atoms with van der Waals surface area (Å²) in [6.45, 7) is 5.33. The van der Waals surface area contributed by atoms with E-state index in [4.69, 9.17) is 16.3 Å². The third-order valence-corrected chi connectivity index (χ3v) is 2.59. The van der Waals surface area contributed by atoms with Gasteiger partial charge in [0.1, 0.15) is 5.56 Å². The van der Waals surface area contributed by atoms with E-state index in [0.29, 0.717) is 11.3 Å². The lowest BCUT2D eigenvalue weighted by Crippen LogP contribution is -2.22. The Hall–Kier alpha value is -1.29. The minimum atomic E-state index is -0.688. The number of nitrogens with one attached hydrogen (secondary N) is 1. The first kappa shape index (κ1) is 11.8. The van der Waals surface area contributed by atoms with Crippen LogP contribution in [-0.2, 0) is 4.74 Å². The van der Waals surface area contributed by atoms with Crippen LogP contribution in [0.1, 0.15) is 28.5 Å². The van der Waals surface area contributed by atoms with Gasteiger partial charge in [0.15, 0.2) is 0 Å². The topological polar surface area (TPSA) is 59.2 Å². The Kier molecular flexibility index (Phi) is 3.52. The predicted octanol–water partition coefficient (Wildman–Crippen LogP) is 1.82. The van der Waals surface area contributed by atoms with Crippen LogP contribution in [0.4, 0.5) is 0 Å². The zero-order valence-corrected chi connectivity index (χ0v) is 9.57. The lowest BCUT2D eigenvalue weighted by Gasteiger charge is -2.07. The standard InChI is InChI=1S/C10H12ClNO3/c1-4-15-10(14)7-8(11)5(2)6(3)12-9(7)13/h4H2,1-3H3,(H,12,13). The summed E-state index contributed by atoms with van der Waals surface area (Å²) in [6.07, 6.45) is 0. The SMILES string of the molecule is CCOC(=O)c1c(Cl)c(C)c(C)[nH]c1=O. The van der Waals surface area contributed by atoms with Crippen LogP contribution in [-0.4, -0.2) is 17.6 Å². The molecule has 4 nitrogen and oxygen atoms in total. The maximum atomic E-state index is 11.5. The molecule has 0 fully saturated rings. The second-order valence-electron chi connectivity index (χ2n) is 3.11. The summed E-state index contributed by atoms with van der Waals surface area (Å²) in [4.78, 5) is 25.5. The number of rotatable bonds is 2. The number of pyridine rings is 1. The van der Waals surface area contributed by atoms with E-state index >= 15 is 0 Å². The molecule has 0 radical (unpaired) electrons. The second-order valence-corrected chi connectivity index (χ2v) is 3.49. The van der Waals surface area contributed by atoms with E-state index in [1.165, 1.54) is 0 Å². The van der Waals surface area contributed by atoms with Gasteiger partial charge in [-0.3, -0.25) is 4.79 Å². The third-order valence-electron chi connectivity index (χ3n) is 2.12. The van der Waals surface area contributed by atoms with Crippen LogP contribution in [0.2, 0.25) is 5.02 Å². The van der Waals surface area contributed by atoms with Crippen molar-refractivity contribution in [1.82, 2.24) is 4.98 Å². The van der Waals surface area contributed by atoms with E-state index in [1.807, 2.05) is 0 Å². The predicted molar refractivity (Wildman–Crippen MR) is 57.5 cm³/mol. The molecule has 0 aliphatic carbocycles. The van der Waals surface area contributed by atoms with Gasteiger partial charge < -0.3 is 9.72 Å². The molecule has 82 valence electrons. The van der Waals surface area contributed by atoms with Crippen LogP contribution in [0.15, 0.2) is 4.79 Å². The first-order valence-corrected chi connectivity index (χ1v) is 4.93. The molecule has 0 saturated carbocycles. The number of carbonyl (C=O) groups excluding carboxylic acids is 1. The van der Waals surface area contributed by atoms with Crippen LogP contribution in [0, 0.1) is 13.8 Å². The van der Waals surface area contributed by atoms with Crippen molar-refractivity contribution in [2.24, 2.45) is 0 Å². The van der Waals surface area contributed by atoms with Gasteiger partial charge in [0.2, 0.25) is 0 Å². The van der Waals surface area contributed by atoms with Crippen molar-refractivity contribution >= 4 is 17.6 Å². The first-order chi connectivity index (χ1) is 6.99. The number of aromatic nitrogens is 1. The molecule has 0 atom stereocenters. The van der Waals surface area contributed by atoms with Crippen LogP contribution in [0.3, 0.4) is 0 Å². The van der Waals surface area contributed by atoms with E-state index in [0.717, 1.165) is 0 Å². The quantitative estimate of drug-likeness (QED) is 0.787. The highest BCUT2D eigenvalue weighted by atomic mass is 35.5. The van der Waals surface area contributed by atoms with Gasteiger partial charge in [-0.15, -0.1) is 0 Å². The number of aromatic amines is 1. The molecule has 0 spiro atoms. The monoisotopic (exact) mass is 229 g/mol. The minimum Gasteiger partial charge on any atom is -0.462 e. The summed E-state index contributed by atoms with van der Waals surface area (Å²) in [5, 5.41) is 0.162. The highest BCUT2D eigenvalue weighted by Crippen LogP contribution is 2.19. The number of hydrogen-bond acceptors (Lipinski definition) is 3. The fraction of sp³-hybridized carbons (Fsp3) is 0.400. The van der Waals surface area contributed by atoms with Gasteiger partial charge in [0.25, 0.3) is 5.56 Å². The molecule has 1 aromatic rings. The number of ether oxygens (including phenoxy) is 1. The average Bonchev–Trinajstić information content (AvgIpc) is 2.15. The number of esters is 1. The summed E-state index contributed by atoms with van der Waals surface area (Å²) < 4.78 is 4.74. The van der Waals surface area contributed by atoms with Gasteiger partial charge in [-0.1, -0.05) is 11.6 Å².